The molecule has 1 atom stereocenters. The number of carbonyl (C=O) groups excluding carboxylic acids is 2. The topological polar surface area (TPSA) is 80.2 Å². The quantitative estimate of drug-likeness (QED) is 0.496. The number of hydrogen-bond donors (Lipinski definition) is 1. The van der Waals surface area contributed by atoms with Crippen molar-refractivity contribution in [2.24, 2.45) is 4.99 Å². The number of hydrogen-bond acceptors (Lipinski definition) is 7. The van der Waals surface area contributed by atoms with E-state index < -0.39 is 12.0 Å². The number of amidine groups is 1. The van der Waals surface area contributed by atoms with Gasteiger partial charge in [-0.3, -0.25) is 4.79 Å². The first-order valence-corrected chi connectivity index (χ1v) is 12.0. The van der Waals surface area contributed by atoms with Gasteiger partial charge < -0.3 is 19.7 Å². The molecule has 0 unspecified atom stereocenters. The molecule has 4 rings (SSSR count). The van der Waals surface area contributed by atoms with Crippen molar-refractivity contribution in [2.75, 3.05) is 18.5 Å². The Bertz CT molecular complexity index is 1160. The monoisotopic (exact) mass is 527 g/mol. The van der Waals surface area contributed by atoms with Crippen molar-refractivity contribution < 1.29 is 19.1 Å². The van der Waals surface area contributed by atoms with Crippen LogP contribution in [0.2, 0.25) is 0 Å². The molecule has 0 aromatic heterocycles. The van der Waals surface area contributed by atoms with E-state index in [0.717, 1.165) is 15.2 Å². The summed E-state index contributed by atoms with van der Waals surface area (Å²) < 4.78 is 12.2. The van der Waals surface area contributed by atoms with Crippen LogP contribution in [0.1, 0.15) is 25.5 Å². The number of para-hydroxylation sites is 1. The summed E-state index contributed by atoms with van der Waals surface area (Å²) in [6.07, 6.45) is 1.89. The molecular formula is C24H22BrN3O4S. The van der Waals surface area contributed by atoms with Gasteiger partial charge in [-0.25, -0.2) is 9.79 Å². The maximum absolute atomic E-state index is 12.9. The summed E-state index contributed by atoms with van der Waals surface area (Å²) in [7, 11) is 0. The van der Waals surface area contributed by atoms with Gasteiger partial charge in [0.1, 0.15) is 5.75 Å². The van der Waals surface area contributed by atoms with Gasteiger partial charge in [0.05, 0.1) is 23.9 Å². The first-order chi connectivity index (χ1) is 16.0. The van der Waals surface area contributed by atoms with E-state index in [0.29, 0.717) is 22.7 Å². The zero-order chi connectivity index (χ0) is 23.4. The second kappa shape index (κ2) is 10.3. The molecule has 0 fully saturated rings. The van der Waals surface area contributed by atoms with Gasteiger partial charge >= 0.3 is 5.97 Å². The van der Waals surface area contributed by atoms with E-state index in [9.17, 15) is 9.59 Å². The van der Waals surface area contributed by atoms with Gasteiger partial charge in [0.15, 0.2) is 11.8 Å². The molecule has 9 heteroatoms. The number of allylic oxidation sites excluding steroid dienone is 1. The van der Waals surface area contributed by atoms with E-state index >= 15 is 0 Å². The number of amides is 1. The molecule has 2 aliphatic heterocycles. The number of nitrogens with zero attached hydrogens (tertiary/aromatic N) is 2. The molecule has 2 aliphatic rings. The fraction of sp³-hybridized carbons (Fsp3) is 0.208. The van der Waals surface area contributed by atoms with Crippen molar-refractivity contribution in [3.63, 3.8) is 0 Å². The fourth-order valence-corrected chi connectivity index (χ4v) is 4.64. The third-order valence-corrected chi connectivity index (χ3v) is 6.32. The summed E-state index contributed by atoms with van der Waals surface area (Å²) in [6.45, 7) is 3.66. The van der Waals surface area contributed by atoms with Crippen molar-refractivity contribution in [3.05, 3.63) is 81.4 Å². The van der Waals surface area contributed by atoms with Crippen LogP contribution in [-0.4, -0.2) is 35.2 Å². The van der Waals surface area contributed by atoms with E-state index in [-0.39, 0.29) is 19.1 Å². The maximum atomic E-state index is 12.9. The smallest absolute Gasteiger partial charge is 0.338 e. The summed E-state index contributed by atoms with van der Waals surface area (Å²) in [4.78, 5) is 31.8. The molecular weight excluding hydrogens is 506 g/mol. The van der Waals surface area contributed by atoms with E-state index in [2.05, 4.69) is 26.2 Å². The molecule has 170 valence electrons. The second-order valence-electron chi connectivity index (χ2n) is 7.21. The van der Waals surface area contributed by atoms with Gasteiger partial charge in [0, 0.05) is 21.9 Å². The Balaban J connectivity index is 1.59. The van der Waals surface area contributed by atoms with Gasteiger partial charge in [0.2, 0.25) is 0 Å². The van der Waals surface area contributed by atoms with Gasteiger partial charge in [-0.1, -0.05) is 45.9 Å². The van der Waals surface area contributed by atoms with Crippen molar-refractivity contribution >= 4 is 50.4 Å². The Morgan fingerprint density at radius 3 is 2.70 bits per heavy atom. The van der Waals surface area contributed by atoms with E-state index in [1.807, 2.05) is 46.8 Å². The van der Waals surface area contributed by atoms with E-state index in [1.54, 1.807) is 32.0 Å². The van der Waals surface area contributed by atoms with E-state index in [4.69, 9.17) is 9.47 Å². The first kappa shape index (κ1) is 23.1. The third-order valence-electron chi connectivity index (χ3n) is 5.02. The Morgan fingerprint density at radius 1 is 1.18 bits per heavy atom. The fourth-order valence-electron chi connectivity index (χ4n) is 3.59. The van der Waals surface area contributed by atoms with Crippen LogP contribution in [-0.2, 0) is 14.3 Å². The number of carbonyl (C=O) groups is 2. The summed E-state index contributed by atoms with van der Waals surface area (Å²) in [5.74, 6) is -0.197. The van der Waals surface area contributed by atoms with Crippen LogP contribution in [0, 0.1) is 0 Å². The first-order valence-electron chi connectivity index (χ1n) is 10.3. The molecule has 2 aromatic rings. The Kier molecular flexibility index (Phi) is 7.20. The molecule has 2 aromatic carbocycles. The Hall–Kier alpha value is -3.04. The molecule has 0 bridgehead atoms. The summed E-state index contributed by atoms with van der Waals surface area (Å²) >= 11 is 4.86. The Labute approximate surface area is 204 Å². The number of fused-ring (bicyclic) bond motifs is 1. The lowest BCUT2D eigenvalue weighted by molar-refractivity contribution is -0.139. The standard InChI is InChI=1S/C24H22BrN3O4S/c1-3-31-23(30)21-15(2)26-24-28(12-13-33-24)22(21)18-6-4-5-7-19(18)32-14-20(29)27-17-10-8-16(25)9-11-17/h4-13,22H,3,14H2,1-2H3,(H,27,29)/t22-/m0/s1. The maximum Gasteiger partial charge on any atom is 0.338 e. The Morgan fingerprint density at radius 2 is 1.94 bits per heavy atom. The summed E-state index contributed by atoms with van der Waals surface area (Å²) in [5.41, 5.74) is 2.47. The lowest BCUT2D eigenvalue weighted by Crippen LogP contribution is -2.34. The highest BCUT2D eigenvalue weighted by Crippen LogP contribution is 2.43. The van der Waals surface area contributed by atoms with Crippen molar-refractivity contribution in [2.45, 2.75) is 19.9 Å². The van der Waals surface area contributed by atoms with Gasteiger partial charge in [0.25, 0.3) is 5.91 Å². The number of thioether (sulfide) groups is 1. The third kappa shape index (κ3) is 5.15. The van der Waals surface area contributed by atoms with Crippen LogP contribution in [0.15, 0.2) is 80.9 Å². The molecule has 1 amide bonds. The number of halogens is 1. The summed E-state index contributed by atoms with van der Waals surface area (Å²) in [5, 5.41) is 5.50. The van der Waals surface area contributed by atoms with Crippen LogP contribution in [0.4, 0.5) is 5.69 Å². The number of benzene rings is 2. The van der Waals surface area contributed by atoms with E-state index in [1.165, 1.54) is 11.8 Å². The molecule has 2 heterocycles. The predicted molar refractivity (Wildman–Crippen MR) is 133 cm³/mol. The van der Waals surface area contributed by atoms with Crippen LogP contribution in [0.3, 0.4) is 0 Å². The number of ether oxygens (including phenoxy) is 2. The lowest BCUT2D eigenvalue weighted by Gasteiger charge is -2.34. The molecule has 7 nitrogen and oxygen atoms in total. The second-order valence-corrected chi connectivity index (χ2v) is 9.00. The lowest BCUT2D eigenvalue weighted by atomic mass is 9.94. The predicted octanol–water partition coefficient (Wildman–Crippen LogP) is 5.23. The normalized spacial score (nSPS) is 16.9. The molecule has 0 aliphatic carbocycles. The molecule has 0 spiro atoms. The minimum absolute atomic E-state index is 0.178. The van der Waals surface area contributed by atoms with Crippen LogP contribution < -0.4 is 10.1 Å². The zero-order valence-corrected chi connectivity index (χ0v) is 20.5. The number of anilines is 1. The van der Waals surface area contributed by atoms with Gasteiger partial charge in [-0.05, 0) is 49.6 Å². The molecule has 0 saturated heterocycles. The highest BCUT2D eigenvalue weighted by Gasteiger charge is 2.38. The van der Waals surface area contributed by atoms with Gasteiger partial charge in [-0.15, -0.1) is 0 Å². The zero-order valence-electron chi connectivity index (χ0n) is 18.1. The average Bonchev–Trinajstić information content (AvgIpc) is 3.27. The van der Waals surface area contributed by atoms with Crippen LogP contribution in [0.5, 0.6) is 5.75 Å². The number of aliphatic imine (C=N–C) groups is 1. The minimum atomic E-state index is -0.478. The number of rotatable bonds is 7. The van der Waals surface area contributed by atoms with Crippen molar-refractivity contribution in [1.29, 1.82) is 0 Å². The largest absolute Gasteiger partial charge is 0.483 e. The van der Waals surface area contributed by atoms with Crippen molar-refractivity contribution in [1.82, 2.24) is 4.90 Å². The SMILES string of the molecule is CCOC(=O)C1=C(C)N=C2SC=CN2[C@H]1c1ccccc1OCC(=O)Nc1ccc(Br)cc1. The van der Waals surface area contributed by atoms with Crippen LogP contribution >= 0.6 is 27.7 Å². The highest BCUT2D eigenvalue weighted by atomic mass is 79.9. The van der Waals surface area contributed by atoms with Gasteiger partial charge in [-0.2, -0.15) is 0 Å². The van der Waals surface area contributed by atoms with Crippen LogP contribution in [0.25, 0.3) is 0 Å². The average molecular weight is 528 g/mol. The number of nitrogens with one attached hydrogen (secondary N) is 1. The molecule has 0 saturated carbocycles. The number of esters is 1. The molecule has 1 N–H and O–H groups in total. The summed E-state index contributed by atoms with van der Waals surface area (Å²) in [6, 6.07) is 14.2. The highest BCUT2D eigenvalue weighted by molar-refractivity contribution is 9.10. The molecule has 33 heavy (non-hydrogen) atoms. The minimum Gasteiger partial charge on any atom is -0.483 e. The molecule has 0 radical (unpaired) electrons. The van der Waals surface area contributed by atoms with Crippen molar-refractivity contribution in [3.8, 4) is 5.75 Å².